The summed E-state index contributed by atoms with van der Waals surface area (Å²) in [7, 11) is 1.58. The van der Waals surface area contributed by atoms with E-state index in [0.717, 1.165) is 61.4 Å². The molecule has 9 nitrogen and oxygen atoms in total. The molecule has 1 saturated heterocycles. The minimum atomic E-state index is -0.200. The number of pyridine rings is 1. The summed E-state index contributed by atoms with van der Waals surface area (Å²) in [5.74, 6) is 2.05. The highest BCUT2D eigenvalue weighted by Gasteiger charge is 2.20. The molecule has 1 aromatic heterocycles. The molecule has 2 aliphatic heterocycles. The van der Waals surface area contributed by atoms with E-state index in [2.05, 4.69) is 27.7 Å². The number of likely N-dealkylation sites (N-methyl/N-ethyl adjacent to an activating group) is 1. The van der Waals surface area contributed by atoms with E-state index in [-0.39, 0.29) is 30.5 Å². The summed E-state index contributed by atoms with van der Waals surface area (Å²) in [6.45, 7) is 5.31. The topological polar surface area (TPSA) is 94.1 Å². The fourth-order valence-corrected chi connectivity index (χ4v) is 4.93. The van der Waals surface area contributed by atoms with Gasteiger partial charge in [0.05, 0.1) is 5.52 Å². The first-order chi connectivity index (χ1) is 18.1. The van der Waals surface area contributed by atoms with Gasteiger partial charge in [-0.2, -0.15) is 0 Å². The number of carbonyl (C=O) groups is 1. The zero-order chi connectivity index (χ0) is 25.6. The van der Waals surface area contributed by atoms with Gasteiger partial charge in [0.2, 0.25) is 0 Å². The van der Waals surface area contributed by atoms with Crippen molar-refractivity contribution in [3.63, 3.8) is 0 Å². The Kier molecular flexibility index (Phi) is 9.49. The number of hydrogen-bond donors (Lipinski definition) is 2. The lowest BCUT2D eigenvalue weighted by Crippen LogP contribution is -2.43. The monoisotopic (exact) mass is 542 g/mol. The standard InChI is InChI=1S/C28H34N4O5.ClH/c1-29-27(33)19-37-24-4-2-3-23-22(24)6-8-28(34)32(23)14-13-31-11-9-21(10-12-31)30-18-20-5-7-25-26(17-20)36-16-15-35-25;/h2-8,17,21,30H,9-16,18-19H2,1H3,(H,29,33);1H. The van der Waals surface area contributed by atoms with Crippen LogP contribution in [0, 0.1) is 0 Å². The lowest BCUT2D eigenvalue weighted by Gasteiger charge is -2.32. The van der Waals surface area contributed by atoms with E-state index in [9.17, 15) is 9.59 Å². The second-order valence-corrected chi connectivity index (χ2v) is 9.45. The van der Waals surface area contributed by atoms with Crippen LogP contribution in [0.15, 0.2) is 53.3 Å². The van der Waals surface area contributed by atoms with Gasteiger partial charge in [0.25, 0.3) is 11.5 Å². The van der Waals surface area contributed by atoms with Gasteiger partial charge in [0.1, 0.15) is 19.0 Å². The number of nitrogens with one attached hydrogen (secondary N) is 2. The zero-order valence-electron chi connectivity index (χ0n) is 21.6. The SMILES string of the molecule is CNC(=O)COc1cccc2c1ccc(=O)n2CCN1CCC(NCc2ccc3c(c2)OCCO3)CC1.Cl. The van der Waals surface area contributed by atoms with E-state index in [1.165, 1.54) is 5.56 Å². The number of likely N-dealkylation sites (tertiary alicyclic amines) is 1. The Morgan fingerprint density at radius 3 is 2.61 bits per heavy atom. The Balaban J connectivity index is 0.00000336. The van der Waals surface area contributed by atoms with Gasteiger partial charge in [-0.15, -0.1) is 12.4 Å². The van der Waals surface area contributed by atoms with Gasteiger partial charge in [-0.25, -0.2) is 0 Å². The Morgan fingerprint density at radius 1 is 1.03 bits per heavy atom. The molecule has 2 aliphatic rings. The third-order valence-corrected chi connectivity index (χ3v) is 7.06. The first kappa shape index (κ1) is 27.8. The molecule has 3 heterocycles. The van der Waals surface area contributed by atoms with Crippen LogP contribution in [0.1, 0.15) is 18.4 Å². The number of fused-ring (bicyclic) bond motifs is 2. The van der Waals surface area contributed by atoms with E-state index >= 15 is 0 Å². The van der Waals surface area contributed by atoms with Crippen LogP contribution in [0.3, 0.4) is 0 Å². The zero-order valence-corrected chi connectivity index (χ0v) is 22.4. The predicted octanol–water partition coefficient (Wildman–Crippen LogP) is 2.57. The van der Waals surface area contributed by atoms with E-state index in [1.807, 2.05) is 24.3 Å². The summed E-state index contributed by atoms with van der Waals surface area (Å²) in [5, 5.41) is 7.06. The first-order valence-electron chi connectivity index (χ1n) is 12.9. The van der Waals surface area contributed by atoms with Gasteiger partial charge in [0, 0.05) is 44.2 Å². The van der Waals surface area contributed by atoms with Crippen molar-refractivity contribution in [2.24, 2.45) is 0 Å². The summed E-state index contributed by atoms with van der Waals surface area (Å²) < 4.78 is 18.8. The number of hydrogen-bond acceptors (Lipinski definition) is 7. The highest BCUT2D eigenvalue weighted by molar-refractivity contribution is 5.86. The average molecular weight is 543 g/mol. The second-order valence-electron chi connectivity index (χ2n) is 9.45. The molecule has 2 aromatic carbocycles. The largest absolute Gasteiger partial charge is 0.486 e. The van der Waals surface area contributed by atoms with Crippen molar-refractivity contribution in [2.45, 2.75) is 32.0 Å². The van der Waals surface area contributed by atoms with Crippen molar-refractivity contribution in [2.75, 3.05) is 46.5 Å². The third kappa shape index (κ3) is 6.59. The number of nitrogens with zero attached hydrogens (tertiary/aromatic N) is 2. The van der Waals surface area contributed by atoms with Crippen LogP contribution in [-0.2, 0) is 17.9 Å². The van der Waals surface area contributed by atoms with Crippen LogP contribution < -0.4 is 30.4 Å². The van der Waals surface area contributed by atoms with Crippen molar-refractivity contribution < 1.29 is 19.0 Å². The van der Waals surface area contributed by atoms with Crippen molar-refractivity contribution >= 4 is 29.2 Å². The van der Waals surface area contributed by atoms with Gasteiger partial charge < -0.3 is 34.3 Å². The maximum atomic E-state index is 12.7. The van der Waals surface area contributed by atoms with Crippen molar-refractivity contribution in [3.8, 4) is 17.2 Å². The average Bonchev–Trinajstić information content (AvgIpc) is 2.94. The number of carbonyl (C=O) groups excluding carboxylic acids is 1. The van der Waals surface area contributed by atoms with Crippen LogP contribution in [0.5, 0.6) is 17.2 Å². The molecule has 0 aliphatic carbocycles. The van der Waals surface area contributed by atoms with Crippen LogP contribution in [0.25, 0.3) is 10.9 Å². The van der Waals surface area contributed by atoms with Gasteiger partial charge in [-0.05, 0) is 61.8 Å². The Bertz CT molecular complexity index is 1310. The summed E-state index contributed by atoms with van der Waals surface area (Å²) in [5.41, 5.74) is 1.98. The van der Waals surface area contributed by atoms with Crippen LogP contribution in [0.4, 0.5) is 0 Å². The molecule has 38 heavy (non-hydrogen) atoms. The molecule has 5 rings (SSSR count). The number of benzene rings is 2. The van der Waals surface area contributed by atoms with Gasteiger partial charge in [0.15, 0.2) is 18.1 Å². The molecule has 204 valence electrons. The predicted molar refractivity (Wildman–Crippen MR) is 149 cm³/mol. The first-order valence-corrected chi connectivity index (χ1v) is 12.9. The van der Waals surface area contributed by atoms with Crippen molar-refractivity contribution in [1.29, 1.82) is 0 Å². The number of ether oxygens (including phenoxy) is 3. The van der Waals surface area contributed by atoms with E-state index in [1.54, 1.807) is 23.7 Å². The number of piperidine rings is 1. The van der Waals surface area contributed by atoms with Crippen LogP contribution in [-0.4, -0.2) is 67.9 Å². The normalized spacial score (nSPS) is 15.6. The Morgan fingerprint density at radius 2 is 1.82 bits per heavy atom. The van der Waals surface area contributed by atoms with Gasteiger partial charge in [-0.3, -0.25) is 9.59 Å². The maximum absolute atomic E-state index is 12.7. The lowest BCUT2D eigenvalue weighted by atomic mass is 10.0. The minimum absolute atomic E-state index is 0. The quantitative estimate of drug-likeness (QED) is 0.429. The number of halogens is 1. The van der Waals surface area contributed by atoms with Crippen LogP contribution >= 0.6 is 12.4 Å². The van der Waals surface area contributed by atoms with Crippen molar-refractivity contribution in [3.05, 3.63) is 64.4 Å². The molecule has 0 bridgehead atoms. The molecule has 0 radical (unpaired) electrons. The van der Waals surface area contributed by atoms with E-state index in [4.69, 9.17) is 14.2 Å². The Hall–Kier alpha value is -3.27. The minimum Gasteiger partial charge on any atom is -0.486 e. The lowest BCUT2D eigenvalue weighted by molar-refractivity contribution is -0.122. The van der Waals surface area contributed by atoms with Gasteiger partial charge >= 0.3 is 0 Å². The number of aromatic nitrogens is 1. The molecule has 1 fully saturated rings. The van der Waals surface area contributed by atoms with E-state index < -0.39 is 0 Å². The molecule has 0 spiro atoms. The fraction of sp³-hybridized carbons (Fsp3) is 0.429. The summed E-state index contributed by atoms with van der Waals surface area (Å²) in [6.07, 6.45) is 2.12. The highest BCUT2D eigenvalue weighted by Crippen LogP contribution is 2.31. The van der Waals surface area contributed by atoms with E-state index in [0.29, 0.717) is 31.5 Å². The molecule has 3 aromatic rings. The molecular formula is C28H35ClN4O5. The molecule has 0 saturated carbocycles. The second kappa shape index (κ2) is 13.0. The fourth-order valence-electron chi connectivity index (χ4n) is 4.93. The molecule has 2 N–H and O–H groups in total. The highest BCUT2D eigenvalue weighted by atomic mass is 35.5. The molecular weight excluding hydrogens is 508 g/mol. The van der Waals surface area contributed by atoms with Gasteiger partial charge in [-0.1, -0.05) is 12.1 Å². The number of rotatable bonds is 9. The summed E-state index contributed by atoms with van der Waals surface area (Å²) >= 11 is 0. The number of amides is 1. The molecule has 1 amide bonds. The van der Waals surface area contributed by atoms with Crippen molar-refractivity contribution in [1.82, 2.24) is 20.1 Å². The summed E-state index contributed by atoms with van der Waals surface area (Å²) in [4.78, 5) is 26.7. The smallest absolute Gasteiger partial charge is 0.257 e. The van der Waals surface area contributed by atoms with Crippen LogP contribution in [0.2, 0.25) is 0 Å². The molecule has 0 atom stereocenters. The summed E-state index contributed by atoms with van der Waals surface area (Å²) in [6, 6.07) is 15.6. The molecule has 0 unspecified atom stereocenters. The maximum Gasteiger partial charge on any atom is 0.257 e. The Labute approximate surface area is 228 Å². The molecule has 10 heteroatoms. The third-order valence-electron chi connectivity index (χ3n) is 7.06.